The van der Waals surface area contributed by atoms with Gasteiger partial charge >= 0.3 is 0 Å². The number of carbonyl (C=O) groups excluding carboxylic acids is 1. The molecule has 0 saturated heterocycles. The first kappa shape index (κ1) is 15.7. The van der Waals surface area contributed by atoms with E-state index in [2.05, 4.69) is 21.4 Å². The average molecular weight is 334 g/mol. The molecule has 0 aliphatic rings. The Hall–Kier alpha value is -1.31. The van der Waals surface area contributed by atoms with E-state index in [0.717, 1.165) is 0 Å². The second-order valence-electron chi connectivity index (χ2n) is 3.46. The highest BCUT2D eigenvalue weighted by atomic mass is 79.9. The maximum atomic E-state index is 12.0. The number of hydroxylamine groups is 1. The molecule has 6 nitrogen and oxygen atoms in total. The van der Waals surface area contributed by atoms with Gasteiger partial charge < -0.3 is 14.2 Å². The summed E-state index contributed by atoms with van der Waals surface area (Å²) in [4.78, 5) is 16.9. The molecule has 0 spiro atoms. The van der Waals surface area contributed by atoms with E-state index < -0.39 is 5.91 Å². The van der Waals surface area contributed by atoms with E-state index in [1.54, 1.807) is 19.2 Å². The van der Waals surface area contributed by atoms with E-state index >= 15 is 0 Å². The number of rotatable bonds is 7. The van der Waals surface area contributed by atoms with Crippen molar-refractivity contribution in [3.8, 4) is 11.5 Å². The molecule has 0 aliphatic carbocycles. The number of halogens is 1. The third kappa shape index (κ3) is 4.38. The molecular weight excluding hydrogens is 318 g/mol. The summed E-state index contributed by atoms with van der Waals surface area (Å²) in [5, 5.41) is 0. The van der Waals surface area contributed by atoms with Gasteiger partial charge in [-0.2, -0.15) is 0 Å². The zero-order valence-electron chi connectivity index (χ0n) is 11.0. The Morgan fingerprint density at radius 2 is 1.95 bits per heavy atom. The van der Waals surface area contributed by atoms with Crippen LogP contribution in [0.4, 0.5) is 0 Å². The number of methoxy groups -OCH3 is 3. The van der Waals surface area contributed by atoms with Crippen molar-refractivity contribution in [1.82, 2.24) is 5.48 Å². The van der Waals surface area contributed by atoms with Gasteiger partial charge in [0, 0.05) is 7.11 Å². The van der Waals surface area contributed by atoms with Crippen LogP contribution in [-0.4, -0.2) is 40.5 Å². The first-order chi connectivity index (χ1) is 9.13. The first-order valence-corrected chi connectivity index (χ1v) is 6.26. The summed E-state index contributed by atoms with van der Waals surface area (Å²) in [6, 6.07) is 3.28. The van der Waals surface area contributed by atoms with Crippen molar-refractivity contribution >= 4 is 21.8 Å². The summed E-state index contributed by atoms with van der Waals surface area (Å²) in [6.07, 6.45) is 0. The molecule has 0 unspecified atom stereocenters. The average Bonchev–Trinajstić information content (AvgIpc) is 2.42. The van der Waals surface area contributed by atoms with Gasteiger partial charge in [-0.25, -0.2) is 5.48 Å². The number of carbonyl (C=O) groups is 1. The van der Waals surface area contributed by atoms with Crippen LogP contribution < -0.4 is 15.0 Å². The van der Waals surface area contributed by atoms with Crippen LogP contribution in [0.2, 0.25) is 0 Å². The molecule has 1 amide bonds. The molecule has 1 rings (SSSR count). The summed E-state index contributed by atoms with van der Waals surface area (Å²) < 4.78 is 15.7. The number of hydrogen-bond acceptors (Lipinski definition) is 5. The molecule has 1 N–H and O–H groups in total. The van der Waals surface area contributed by atoms with Crippen molar-refractivity contribution in [2.75, 3.05) is 34.5 Å². The molecule has 0 aromatic heterocycles. The molecule has 7 heteroatoms. The lowest BCUT2D eigenvalue weighted by Gasteiger charge is -2.12. The van der Waals surface area contributed by atoms with Crippen LogP contribution in [0.25, 0.3) is 0 Å². The zero-order chi connectivity index (χ0) is 14.3. The van der Waals surface area contributed by atoms with Crippen LogP contribution in [-0.2, 0) is 9.57 Å². The van der Waals surface area contributed by atoms with Crippen LogP contribution in [0.1, 0.15) is 10.4 Å². The van der Waals surface area contributed by atoms with Gasteiger partial charge in [-0.3, -0.25) is 9.63 Å². The third-order valence-corrected chi connectivity index (χ3v) is 2.84. The Labute approximate surface area is 120 Å². The normalized spacial score (nSPS) is 10.1. The molecule has 0 radical (unpaired) electrons. The molecule has 0 atom stereocenters. The van der Waals surface area contributed by atoms with E-state index in [4.69, 9.17) is 19.0 Å². The lowest BCUT2D eigenvalue weighted by atomic mass is 10.2. The highest BCUT2D eigenvalue weighted by molar-refractivity contribution is 9.10. The van der Waals surface area contributed by atoms with Gasteiger partial charge in [0.1, 0.15) is 11.5 Å². The highest BCUT2D eigenvalue weighted by Gasteiger charge is 2.17. The molecule has 1 aromatic rings. The molecule has 1 aromatic carbocycles. The number of benzene rings is 1. The lowest BCUT2D eigenvalue weighted by molar-refractivity contribution is 0.00872. The molecule has 19 heavy (non-hydrogen) atoms. The van der Waals surface area contributed by atoms with Crippen LogP contribution in [0.15, 0.2) is 16.6 Å². The van der Waals surface area contributed by atoms with Gasteiger partial charge in [-0.1, -0.05) is 0 Å². The standard InChI is InChI=1S/C12H16BrNO5/c1-16-4-5-19-14-12(15)9-6-8(17-2)7-10(13)11(9)18-3/h6-7H,4-5H2,1-3H3,(H,14,15). The van der Waals surface area contributed by atoms with Crippen LogP contribution in [0, 0.1) is 0 Å². The Kier molecular flexibility index (Phi) is 6.61. The Balaban J connectivity index is 2.85. The maximum absolute atomic E-state index is 12.0. The van der Waals surface area contributed by atoms with E-state index in [0.29, 0.717) is 28.1 Å². The minimum absolute atomic E-state index is 0.260. The van der Waals surface area contributed by atoms with Gasteiger partial charge in [-0.05, 0) is 28.1 Å². The van der Waals surface area contributed by atoms with E-state index in [1.807, 2.05) is 0 Å². The van der Waals surface area contributed by atoms with Gasteiger partial charge in [-0.15, -0.1) is 0 Å². The quantitative estimate of drug-likeness (QED) is 0.608. The minimum Gasteiger partial charge on any atom is -0.497 e. The fourth-order valence-corrected chi connectivity index (χ4v) is 1.96. The second-order valence-corrected chi connectivity index (χ2v) is 4.32. The third-order valence-electron chi connectivity index (χ3n) is 2.26. The lowest BCUT2D eigenvalue weighted by Crippen LogP contribution is -2.26. The van der Waals surface area contributed by atoms with E-state index in [-0.39, 0.29) is 6.61 Å². The van der Waals surface area contributed by atoms with Gasteiger partial charge in [0.25, 0.3) is 5.91 Å². The summed E-state index contributed by atoms with van der Waals surface area (Å²) in [7, 11) is 4.55. The molecule has 0 heterocycles. The van der Waals surface area contributed by atoms with Gasteiger partial charge in [0.15, 0.2) is 0 Å². The first-order valence-electron chi connectivity index (χ1n) is 5.46. The van der Waals surface area contributed by atoms with Crippen LogP contribution in [0.3, 0.4) is 0 Å². The number of nitrogens with one attached hydrogen (secondary N) is 1. The van der Waals surface area contributed by atoms with Crippen molar-refractivity contribution in [2.24, 2.45) is 0 Å². The fourth-order valence-electron chi connectivity index (χ4n) is 1.36. The minimum atomic E-state index is -0.424. The molecule has 0 bridgehead atoms. The smallest absolute Gasteiger partial charge is 0.278 e. The number of hydrogen-bond donors (Lipinski definition) is 1. The highest BCUT2D eigenvalue weighted by Crippen LogP contribution is 2.33. The summed E-state index contributed by atoms with van der Waals surface area (Å²) in [6.45, 7) is 0.648. The molecule has 0 aliphatic heterocycles. The largest absolute Gasteiger partial charge is 0.497 e. The fraction of sp³-hybridized carbons (Fsp3) is 0.417. The maximum Gasteiger partial charge on any atom is 0.278 e. The predicted molar refractivity (Wildman–Crippen MR) is 72.5 cm³/mol. The molecule has 0 fully saturated rings. The Morgan fingerprint density at radius 3 is 2.53 bits per heavy atom. The van der Waals surface area contributed by atoms with E-state index in [9.17, 15) is 4.79 Å². The van der Waals surface area contributed by atoms with Gasteiger partial charge in [0.2, 0.25) is 0 Å². The monoisotopic (exact) mass is 333 g/mol. The van der Waals surface area contributed by atoms with Crippen molar-refractivity contribution in [2.45, 2.75) is 0 Å². The van der Waals surface area contributed by atoms with Crippen molar-refractivity contribution in [3.63, 3.8) is 0 Å². The topological polar surface area (TPSA) is 66.0 Å². The summed E-state index contributed by atoms with van der Waals surface area (Å²) in [5.74, 6) is 0.524. The summed E-state index contributed by atoms with van der Waals surface area (Å²) in [5.41, 5.74) is 2.62. The zero-order valence-corrected chi connectivity index (χ0v) is 12.6. The van der Waals surface area contributed by atoms with Crippen LogP contribution in [0.5, 0.6) is 11.5 Å². The summed E-state index contributed by atoms with van der Waals surface area (Å²) >= 11 is 3.31. The Morgan fingerprint density at radius 1 is 1.21 bits per heavy atom. The van der Waals surface area contributed by atoms with Gasteiger partial charge in [0.05, 0.1) is 37.5 Å². The van der Waals surface area contributed by atoms with E-state index in [1.165, 1.54) is 14.2 Å². The molecular formula is C12H16BrNO5. The SMILES string of the molecule is COCCONC(=O)c1cc(OC)cc(Br)c1OC. The number of ether oxygens (including phenoxy) is 3. The van der Waals surface area contributed by atoms with Crippen LogP contribution >= 0.6 is 15.9 Å². The molecule has 106 valence electrons. The Bertz CT molecular complexity index is 438. The molecule has 0 saturated carbocycles. The second kappa shape index (κ2) is 7.98. The van der Waals surface area contributed by atoms with Crippen molar-refractivity contribution in [3.05, 3.63) is 22.2 Å². The predicted octanol–water partition coefficient (Wildman–Crippen LogP) is 1.77. The van der Waals surface area contributed by atoms with Crippen molar-refractivity contribution in [1.29, 1.82) is 0 Å². The number of amides is 1. The van der Waals surface area contributed by atoms with Crippen molar-refractivity contribution < 1.29 is 23.8 Å².